The fourth-order valence-electron chi connectivity index (χ4n) is 1.14. The van der Waals surface area contributed by atoms with E-state index in [1.54, 1.807) is 0 Å². The molecule has 0 bridgehead atoms. The summed E-state index contributed by atoms with van der Waals surface area (Å²) in [5, 5.41) is 0. The van der Waals surface area contributed by atoms with Gasteiger partial charge in [0.25, 0.3) is 0 Å². The van der Waals surface area contributed by atoms with Gasteiger partial charge in [0.15, 0.2) is 0 Å². The van der Waals surface area contributed by atoms with Crippen molar-refractivity contribution in [2.45, 2.75) is 53.8 Å². The molecule has 0 fully saturated rings. The molecule has 0 aliphatic rings. The Balaban J connectivity index is 4.52. The highest BCUT2D eigenvalue weighted by Crippen LogP contribution is 2.30. The maximum atomic E-state index is 6.01. The van der Waals surface area contributed by atoms with Crippen LogP contribution < -0.4 is 0 Å². The standard InChI is InChI=1S/C12H24Cl2O/c1-11(2,3)9(7-13)15-10(8-14)12(4,5)6/h9-10H,7-8H2,1-6H3. The Morgan fingerprint density at radius 2 is 1.07 bits per heavy atom. The molecule has 0 saturated heterocycles. The second kappa shape index (κ2) is 5.75. The average molecular weight is 255 g/mol. The van der Waals surface area contributed by atoms with Crippen molar-refractivity contribution >= 4 is 23.2 Å². The molecule has 0 aliphatic carbocycles. The van der Waals surface area contributed by atoms with Crippen LogP contribution in [0.5, 0.6) is 0 Å². The smallest absolute Gasteiger partial charge is 0.0763 e. The van der Waals surface area contributed by atoms with Gasteiger partial charge in [-0.25, -0.2) is 0 Å². The summed E-state index contributed by atoms with van der Waals surface area (Å²) in [6.07, 6.45) is 0.0873. The Hall–Kier alpha value is 0.540. The molecule has 0 radical (unpaired) electrons. The lowest BCUT2D eigenvalue weighted by Crippen LogP contribution is -2.40. The lowest BCUT2D eigenvalue weighted by molar-refractivity contribution is -0.0851. The van der Waals surface area contributed by atoms with Crippen LogP contribution in [-0.4, -0.2) is 24.0 Å². The van der Waals surface area contributed by atoms with E-state index in [0.717, 1.165) is 0 Å². The first-order valence-electron chi connectivity index (χ1n) is 5.40. The van der Waals surface area contributed by atoms with Gasteiger partial charge in [0, 0.05) is 11.8 Å². The SMILES string of the molecule is CC(C)(C)C(CCl)OC(CCl)C(C)(C)C. The molecule has 0 aliphatic heterocycles. The molecule has 15 heavy (non-hydrogen) atoms. The molecule has 0 amide bonds. The van der Waals surface area contributed by atoms with Crippen molar-refractivity contribution in [3.8, 4) is 0 Å². The van der Waals surface area contributed by atoms with E-state index in [9.17, 15) is 0 Å². The molecule has 3 heteroatoms. The number of hydrogen-bond donors (Lipinski definition) is 0. The molecule has 0 N–H and O–H groups in total. The van der Waals surface area contributed by atoms with E-state index >= 15 is 0 Å². The molecule has 0 rings (SSSR count). The molecule has 1 nitrogen and oxygen atoms in total. The minimum absolute atomic E-state index is 0.0436. The summed E-state index contributed by atoms with van der Waals surface area (Å²) in [5.41, 5.74) is 0.106. The predicted molar refractivity (Wildman–Crippen MR) is 69.0 cm³/mol. The van der Waals surface area contributed by atoms with Gasteiger partial charge < -0.3 is 4.74 Å². The van der Waals surface area contributed by atoms with Crippen molar-refractivity contribution in [1.82, 2.24) is 0 Å². The fraction of sp³-hybridized carbons (Fsp3) is 1.00. The first kappa shape index (κ1) is 15.5. The summed E-state index contributed by atoms with van der Waals surface area (Å²) in [6, 6.07) is 0. The van der Waals surface area contributed by atoms with Crippen molar-refractivity contribution < 1.29 is 4.74 Å². The minimum Gasteiger partial charge on any atom is -0.371 e. The summed E-state index contributed by atoms with van der Waals surface area (Å²) < 4.78 is 6.01. The van der Waals surface area contributed by atoms with Crippen molar-refractivity contribution in [3.05, 3.63) is 0 Å². The molecule has 0 heterocycles. The summed E-state index contributed by atoms with van der Waals surface area (Å²) in [4.78, 5) is 0. The molecular weight excluding hydrogens is 231 g/mol. The van der Waals surface area contributed by atoms with E-state index < -0.39 is 0 Å². The van der Waals surface area contributed by atoms with Crippen LogP contribution in [0.4, 0.5) is 0 Å². The van der Waals surface area contributed by atoms with Gasteiger partial charge in [-0.1, -0.05) is 41.5 Å². The van der Waals surface area contributed by atoms with Gasteiger partial charge in [-0.3, -0.25) is 0 Å². The van der Waals surface area contributed by atoms with Crippen molar-refractivity contribution in [2.75, 3.05) is 11.8 Å². The Morgan fingerprint density at radius 1 is 0.800 bits per heavy atom. The fourth-order valence-corrected chi connectivity index (χ4v) is 2.21. The van der Waals surface area contributed by atoms with Crippen LogP contribution in [0.1, 0.15) is 41.5 Å². The number of rotatable bonds is 4. The lowest BCUT2D eigenvalue weighted by Gasteiger charge is -2.37. The summed E-state index contributed by atoms with van der Waals surface area (Å²) in [6.45, 7) is 12.8. The summed E-state index contributed by atoms with van der Waals surface area (Å²) in [5.74, 6) is 1.01. The van der Waals surface area contributed by atoms with Crippen LogP contribution in [0.15, 0.2) is 0 Å². The van der Waals surface area contributed by atoms with Gasteiger partial charge in [-0.15, -0.1) is 23.2 Å². The van der Waals surface area contributed by atoms with Gasteiger partial charge in [-0.2, -0.15) is 0 Å². The third kappa shape index (κ3) is 5.42. The number of ether oxygens (including phenoxy) is 1. The van der Waals surface area contributed by atoms with E-state index in [1.165, 1.54) is 0 Å². The maximum absolute atomic E-state index is 6.01. The molecule has 92 valence electrons. The van der Waals surface area contributed by atoms with Gasteiger partial charge in [-0.05, 0) is 10.8 Å². The normalized spacial score (nSPS) is 17.6. The molecule has 0 spiro atoms. The molecular formula is C12H24Cl2O. The Labute approximate surface area is 104 Å². The van der Waals surface area contributed by atoms with E-state index in [1.807, 2.05) is 0 Å². The highest BCUT2D eigenvalue weighted by Gasteiger charge is 2.32. The second-order valence-corrected chi connectivity index (χ2v) is 6.77. The van der Waals surface area contributed by atoms with Crippen molar-refractivity contribution in [3.63, 3.8) is 0 Å². The Bertz CT molecular complexity index is 159. The summed E-state index contributed by atoms with van der Waals surface area (Å²) in [7, 11) is 0. The monoisotopic (exact) mass is 254 g/mol. The van der Waals surface area contributed by atoms with Crippen LogP contribution in [-0.2, 0) is 4.74 Å². The van der Waals surface area contributed by atoms with Crippen LogP contribution in [0.2, 0.25) is 0 Å². The molecule has 2 unspecified atom stereocenters. The van der Waals surface area contributed by atoms with Gasteiger partial charge in [0.1, 0.15) is 0 Å². The van der Waals surface area contributed by atoms with E-state index in [4.69, 9.17) is 27.9 Å². The molecule has 2 atom stereocenters. The average Bonchev–Trinajstić information content (AvgIpc) is 2.01. The second-order valence-electron chi connectivity index (χ2n) is 6.15. The zero-order valence-corrected chi connectivity index (χ0v) is 12.2. The van der Waals surface area contributed by atoms with Gasteiger partial charge in [0.05, 0.1) is 12.2 Å². The van der Waals surface area contributed by atoms with Crippen LogP contribution in [0.25, 0.3) is 0 Å². The maximum Gasteiger partial charge on any atom is 0.0763 e. The summed E-state index contributed by atoms with van der Waals surface area (Å²) >= 11 is 11.9. The largest absolute Gasteiger partial charge is 0.371 e. The first-order valence-corrected chi connectivity index (χ1v) is 6.47. The number of halogens is 2. The Kier molecular flexibility index (Phi) is 5.95. The van der Waals surface area contributed by atoms with Crippen molar-refractivity contribution in [1.29, 1.82) is 0 Å². The van der Waals surface area contributed by atoms with E-state index in [0.29, 0.717) is 11.8 Å². The third-order valence-electron chi connectivity index (χ3n) is 2.54. The molecule has 0 saturated carbocycles. The zero-order valence-electron chi connectivity index (χ0n) is 10.7. The van der Waals surface area contributed by atoms with Gasteiger partial charge in [0.2, 0.25) is 0 Å². The van der Waals surface area contributed by atoms with Crippen LogP contribution in [0.3, 0.4) is 0 Å². The Morgan fingerprint density at radius 3 is 1.20 bits per heavy atom. The highest BCUT2D eigenvalue weighted by molar-refractivity contribution is 6.18. The van der Waals surface area contributed by atoms with Gasteiger partial charge >= 0.3 is 0 Å². The number of hydrogen-bond acceptors (Lipinski definition) is 1. The molecule has 0 aromatic rings. The van der Waals surface area contributed by atoms with Crippen LogP contribution in [0, 0.1) is 10.8 Å². The third-order valence-corrected chi connectivity index (χ3v) is 3.10. The van der Waals surface area contributed by atoms with E-state index in [-0.39, 0.29) is 23.0 Å². The topological polar surface area (TPSA) is 9.23 Å². The van der Waals surface area contributed by atoms with Crippen LogP contribution >= 0.6 is 23.2 Å². The zero-order chi connectivity index (χ0) is 12.3. The molecule has 0 aromatic carbocycles. The van der Waals surface area contributed by atoms with E-state index in [2.05, 4.69) is 41.5 Å². The first-order chi connectivity index (χ1) is 6.62. The number of alkyl halides is 2. The highest BCUT2D eigenvalue weighted by atomic mass is 35.5. The lowest BCUT2D eigenvalue weighted by atomic mass is 9.87. The minimum atomic E-state index is 0.0436. The predicted octanol–water partition coefficient (Wildman–Crippen LogP) is 4.31. The molecule has 0 aromatic heterocycles. The quantitative estimate of drug-likeness (QED) is 0.680. The van der Waals surface area contributed by atoms with Crippen molar-refractivity contribution in [2.24, 2.45) is 10.8 Å².